The molecule has 1 aliphatic heterocycles. The molecule has 3 aromatic rings. The van der Waals surface area contributed by atoms with E-state index in [-0.39, 0.29) is 35.1 Å². The van der Waals surface area contributed by atoms with E-state index in [1.54, 1.807) is 18.2 Å². The Morgan fingerprint density at radius 3 is 2.21 bits per heavy atom. The summed E-state index contributed by atoms with van der Waals surface area (Å²) in [6, 6.07) is 12.5. The predicted octanol–water partition coefficient (Wildman–Crippen LogP) is 6.54. The van der Waals surface area contributed by atoms with Crippen LogP contribution in [0.4, 0.5) is 17.6 Å². The van der Waals surface area contributed by atoms with Gasteiger partial charge in [-0.15, -0.1) is 0 Å². The molecule has 2 amide bonds. The zero-order chi connectivity index (χ0) is 27.8. The minimum atomic E-state index is -4.73. The molecule has 1 fully saturated rings. The highest BCUT2D eigenvalue weighted by molar-refractivity contribution is 6.42. The molecule has 4 rings (SSSR count). The van der Waals surface area contributed by atoms with Crippen LogP contribution in [0.3, 0.4) is 0 Å². The second-order valence-electron chi connectivity index (χ2n) is 8.89. The van der Waals surface area contributed by atoms with Gasteiger partial charge in [0.2, 0.25) is 0 Å². The Kier molecular flexibility index (Phi) is 7.90. The first-order valence-corrected chi connectivity index (χ1v) is 12.2. The van der Waals surface area contributed by atoms with Crippen molar-refractivity contribution in [3.05, 3.63) is 98.8 Å². The van der Waals surface area contributed by atoms with Crippen molar-refractivity contribution < 1.29 is 31.9 Å². The summed E-state index contributed by atoms with van der Waals surface area (Å²) in [4.78, 5) is 29.5. The molecule has 0 N–H and O–H groups in total. The van der Waals surface area contributed by atoms with Crippen LogP contribution in [0.2, 0.25) is 10.0 Å². The second kappa shape index (κ2) is 10.8. The van der Waals surface area contributed by atoms with Gasteiger partial charge >= 0.3 is 6.18 Å². The van der Waals surface area contributed by atoms with E-state index in [0.717, 1.165) is 19.2 Å². The van der Waals surface area contributed by atoms with Gasteiger partial charge in [0.25, 0.3) is 11.8 Å². The van der Waals surface area contributed by atoms with Crippen LogP contribution >= 0.6 is 23.2 Å². The number of likely N-dealkylation sites (N-methyl/N-ethyl adjacent to an activating group) is 1. The lowest BCUT2D eigenvalue weighted by molar-refractivity contribution is -0.138. The predicted molar refractivity (Wildman–Crippen MR) is 135 cm³/mol. The minimum Gasteiger partial charge on any atom is -0.496 e. The molecule has 3 aromatic carbocycles. The topological polar surface area (TPSA) is 49.9 Å². The number of nitrogens with zero attached hydrogens (tertiary/aromatic N) is 2. The van der Waals surface area contributed by atoms with Crippen LogP contribution in [-0.2, 0) is 6.18 Å². The van der Waals surface area contributed by atoms with Crippen LogP contribution in [0.5, 0.6) is 5.75 Å². The molecule has 0 saturated carbocycles. The lowest BCUT2D eigenvalue weighted by atomic mass is 9.93. The molecule has 1 saturated heterocycles. The van der Waals surface area contributed by atoms with Crippen LogP contribution < -0.4 is 4.74 Å². The van der Waals surface area contributed by atoms with Gasteiger partial charge in [-0.05, 0) is 60.2 Å². The van der Waals surface area contributed by atoms with Gasteiger partial charge in [-0.25, -0.2) is 4.39 Å². The van der Waals surface area contributed by atoms with Gasteiger partial charge in [0.1, 0.15) is 11.6 Å². The number of carbonyl (C=O) groups is 2. The molecule has 200 valence electrons. The molecular weight excluding hydrogens is 547 g/mol. The summed E-state index contributed by atoms with van der Waals surface area (Å²) in [7, 11) is 2.59. The van der Waals surface area contributed by atoms with Crippen molar-refractivity contribution in [1.82, 2.24) is 9.80 Å². The maximum atomic E-state index is 13.6. The number of hydrogen-bond donors (Lipinski definition) is 0. The normalized spacial score (nSPS) is 17.4. The first-order chi connectivity index (χ1) is 17.9. The minimum absolute atomic E-state index is 0.0889. The number of rotatable bonds is 5. The monoisotopic (exact) mass is 568 g/mol. The van der Waals surface area contributed by atoms with Crippen LogP contribution in [0.15, 0.2) is 60.7 Å². The van der Waals surface area contributed by atoms with Crippen LogP contribution in [0.25, 0.3) is 0 Å². The molecule has 0 radical (unpaired) electrons. The lowest BCUT2D eigenvalue weighted by Gasteiger charge is -2.29. The third-order valence-electron chi connectivity index (χ3n) is 6.61. The Morgan fingerprint density at radius 2 is 1.61 bits per heavy atom. The Balaban J connectivity index is 1.68. The van der Waals surface area contributed by atoms with Gasteiger partial charge in [-0.2, -0.15) is 13.2 Å². The van der Waals surface area contributed by atoms with E-state index in [0.29, 0.717) is 10.6 Å². The van der Waals surface area contributed by atoms with Gasteiger partial charge in [-0.3, -0.25) is 9.59 Å². The Bertz CT molecular complexity index is 1370. The van der Waals surface area contributed by atoms with Crippen molar-refractivity contribution >= 4 is 35.0 Å². The fourth-order valence-electron chi connectivity index (χ4n) is 4.61. The summed E-state index contributed by atoms with van der Waals surface area (Å²) >= 11 is 12.3. The summed E-state index contributed by atoms with van der Waals surface area (Å²) in [5.74, 6) is -2.35. The maximum Gasteiger partial charge on any atom is 0.419 e. The molecule has 0 bridgehead atoms. The van der Waals surface area contributed by atoms with Crippen molar-refractivity contribution in [3.63, 3.8) is 0 Å². The fourth-order valence-corrected chi connectivity index (χ4v) is 4.91. The summed E-state index contributed by atoms with van der Waals surface area (Å²) in [6.45, 7) is 0.276. The van der Waals surface area contributed by atoms with Crippen LogP contribution in [0, 0.1) is 5.82 Å². The first kappa shape index (κ1) is 27.7. The lowest BCUT2D eigenvalue weighted by Crippen LogP contribution is -2.42. The van der Waals surface area contributed by atoms with E-state index in [9.17, 15) is 27.2 Å². The van der Waals surface area contributed by atoms with E-state index >= 15 is 0 Å². The number of alkyl halides is 3. The smallest absolute Gasteiger partial charge is 0.419 e. The highest BCUT2D eigenvalue weighted by Crippen LogP contribution is 2.38. The molecule has 38 heavy (non-hydrogen) atoms. The number of likely N-dealkylation sites (tertiary alicyclic amines) is 1. The maximum absolute atomic E-state index is 13.6. The average molecular weight is 569 g/mol. The van der Waals surface area contributed by atoms with Gasteiger partial charge in [0.15, 0.2) is 0 Å². The Morgan fingerprint density at radius 1 is 0.947 bits per heavy atom. The molecule has 0 spiro atoms. The molecule has 1 aliphatic rings. The number of benzene rings is 3. The fraction of sp³-hybridized carbons (Fsp3) is 0.259. The number of amides is 2. The third-order valence-corrected chi connectivity index (χ3v) is 7.35. The quantitative estimate of drug-likeness (QED) is 0.328. The Labute approximate surface area is 226 Å². The number of hydrogen-bond acceptors (Lipinski definition) is 3. The number of carbonyl (C=O) groups excluding carboxylic acids is 2. The van der Waals surface area contributed by atoms with E-state index in [1.807, 2.05) is 0 Å². The highest BCUT2D eigenvalue weighted by atomic mass is 35.5. The van der Waals surface area contributed by atoms with Crippen LogP contribution in [-0.4, -0.2) is 54.9 Å². The van der Waals surface area contributed by atoms with Crippen molar-refractivity contribution in [1.29, 1.82) is 0 Å². The van der Waals surface area contributed by atoms with Gasteiger partial charge < -0.3 is 14.5 Å². The molecule has 1 heterocycles. The summed E-state index contributed by atoms with van der Waals surface area (Å²) < 4.78 is 58.9. The first-order valence-electron chi connectivity index (χ1n) is 11.4. The molecule has 0 aromatic heterocycles. The van der Waals surface area contributed by atoms with E-state index in [4.69, 9.17) is 27.9 Å². The van der Waals surface area contributed by atoms with Crippen molar-refractivity contribution in [3.8, 4) is 5.75 Å². The number of halogens is 6. The second-order valence-corrected chi connectivity index (χ2v) is 9.71. The molecule has 11 heteroatoms. The zero-order valence-electron chi connectivity index (χ0n) is 20.2. The van der Waals surface area contributed by atoms with Gasteiger partial charge in [0.05, 0.1) is 28.8 Å². The standard InChI is InChI=1S/C27H22Cl2F4N2O3/c1-34(25(36)17-6-10-24(38-2)20(11-17)27(31,32)33)23-14-35(26(37)15-3-7-18(30)8-4-15)13-19(23)16-5-9-21(28)22(29)12-16/h3-12,19,23H,13-14H2,1-2H3/t19?,23-/m1/s1. The van der Waals surface area contributed by atoms with Crippen molar-refractivity contribution in [2.24, 2.45) is 0 Å². The van der Waals surface area contributed by atoms with Gasteiger partial charge in [0, 0.05) is 37.2 Å². The van der Waals surface area contributed by atoms with E-state index in [1.165, 1.54) is 47.2 Å². The largest absolute Gasteiger partial charge is 0.496 e. The summed E-state index contributed by atoms with van der Waals surface area (Å²) in [5.41, 5.74) is -0.292. The summed E-state index contributed by atoms with van der Waals surface area (Å²) in [5, 5.41) is 0.608. The molecule has 0 aliphatic carbocycles. The number of ether oxygens (including phenoxy) is 1. The molecular formula is C27H22Cl2F4N2O3. The van der Waals surface area contributed by atoms with Crippen molar-refractivity contribution in [2.75, 3.05) is 27.2 Å². The average Bonchev–Trinajstić information content (AvgIpc) is 3.34. The third kappa shape index (κ3) is 5.59. The van der Waals surface area contributed by atoms with Crippen LogP contribution in [0.1, 0.15) is 37.8 Å². The Hall–Kier alpha value is -3.30. The van der Waals surface area contributed by atoms with E-state index in [2.05, 4.69) is 0 Å². The molecule has 1 unspecified atom stereocenters. The van der Waals surface area contributed by atoms with Gasteiger partial charge in [-0.1, -0.05) is 29.3 Å². The van der Waals surface area contributed by atoms with Crippen molar-refractivity contribution in [2.45, 2.75) is 18.1 Å². The SMILES string of the molecule is COc1ccc(C(=O)N(C)[C@@H]2CN(C(=O)c3ccc(F)cc3)CC2c2ccc(Cl)c(Cl)c2)cc1C(F)(F)F. The number of methoxy groups -OCH3 is 1. The van der Waals surface area contributed by atoms with E-state index < -0.39 is 41.2 Å². The highest BCUT2D eigenvalue weighted by Gasteiger charge is 2.41. The molecule has 2 atom stereocenters. The zero-order valence-corrected chi connectivity index (χ0v) is 21.7. The molecule has 5 nitrogen and oxygen atoms in total. The summed E-state index contributed by atoms with van der Waals surface area (Å²) in [6.07, 6.45) is -4.73.